The van der Waals surface area contributed by atoms with Gasteiger partial charge >= 0.3 is 5.97 Å². The van der Waals surface area contributed by atoms with Crippen LogP contribution in [-0.4, -0.2) is 25.0 Å². The van der Waals surface area contributed by atoms with Crippen LogP contribution in [0.25, 0.3) is 0 Å². The first-order chi connectivity index (χ1) is 8.15. The van der Waals surface area contributed by atoms with Crippen molar-refractivity contribution in [3.63, 3.8) is 0 Å². The Morgan fingerprint density at radius 3 is 2.76 bits per heavy atom. The van der Waals surface area contributed by atoms with Crippen LogP contribution in [0.3, 0.4) is 0 Å². The summed E-state index contributed by atoms with van der Waals surface area (Å²) in [7, 11) is 0. The highest BCUT2D eigenvalue weighted by atomic mass is 19.1. The van der Waals surface area contributed by atoms with Crippen LogP contribution in [0.15, 0.2) is 36.9 Å². The van der Waals surface area contributed by atoms with E-state index in [2.05, 4.69) is 16.6 Å². The van der Waals surface area contributed by atoms with Gasteiger partial charge in [-0.05, 0) is 12.1 Å². The number of rotatable bonds is 5. The molecule has 5 heteroatoms. The van der Waals surface area contributed by atoms with E-state index >= 15 is 0 Å². The summed E-state index contributed by atoms with van der Waals surface area (Å²) in [6, 6.07) is 5.41. The van der Waals surface area contributed by atoms with Gasteiger partial charge in [-0.1, -0.05) is 18.2 Å². The number of hydrogen-bond donors (Lipinski definition) is 1. The van der Waals surface area contributed by atoms with Gasteiger partial charge in [-0.25, -0.2) is 9.18 Å². The smallest absolute Gasteiger partial charge is 0.341 e. The molecular formula is C12H12FNO3. The van der Waals surface area contributed by atoms with Gasteiger partial charge < -0.3 is 10.1 Å². The molecule has 0 aliphatic carbocycles. The molecule has 0 atom stereocenters. The molecule has 1 amide bonds. The molecule has 1 aromatic rings. The standard InChI is InChI=1S/C12H12FNO3/c1-2-7-14-11(15)8-17-12(16)9-5-3-4-6-10(9)13/h2-6H,1,7-8H2,(H,14,15). The summed E-state index contributed by atoms with van der Waals surface area (Å²) in [5.74, 6) is -2.00. The van der Waals surface area contributed by atoms with E-state index in [1.54, 1.807) is 0 Å². The van der Waals surface area contributed by atoms with Crippen molar-refractivity contribution >= 4 is 11.9 Å². The maximum Gasteiger partial charge on any atom is 0.341 e. The topological polar surface area (TPSA) is 55.4 Å². The Kier molecular flexibility index (Phi) is 4.87. The summed E-state index contributed by atoms with van der Waals surface area (Å²) in [6.45, 7) is 3.26. The van der Waals surface area contributed by atoms with Gasteiger partial charge in [0.15, 0.2) is 6.61 Å². The van der Waals surface area contributed by atoms with Crippen molar-refractivity contribution in [2.75, 3.05) is 13.2 Å². The van der Waals surface area contributed by atoms with Crippen molar-refractivity contribution in [1.29, 1.82) is 0 Å². The third-order valence-electron chi connectivity index (χ3n) is 1.87. The van der Waals surface area contributed by atoms with Gasteiger partial charge in [0.05, 0.1) is 5.56 Å². The summed E-state index contributed by atoms with van der Waals surface area (Å²) in [5.41, 5.74) is -0.191. The summed E-state index contributed by atoms with van der Waals surface area (Å²) in [4.78, 5) is 22.5. The SMILES string of the molecule is C=CCNC(=O)COC(=O)c1ccccc1F. The Bertz CT molecular complexity index is 432. The van der Waals surface area contributed by atoms with Crippen LogP contribution in [0.5, 0.6) is 0 Å². The van der Waals surface area contributed by atoms with E-state index in [0.29, 0.717) is 0 Å². The fraction of sp³-hybridized carbons (Fsp3) is 0.167. The number of benzene rings is 1. The number of hydrogen-bond acceptors (Lipinski definition) is 3. The number of halogens is 1. The highest BCUT2D eigenvalue weighted by Crippen LogP contribution is 2.07. The number of ether oxygens (including phenoxy) is 1. The molecular weight excluding hydrogens is 225 g/mol. The third-order valence-corrected chi connectivity index (χ3v) is 1.87. The van der Waals surface area contributed by atoms with Crippen LogP contribution >= 0.6 is 0 Å². The van der Waals surface area contributed by atoms with Gasteiger partial charge in [0.25, 0.3) is 5.91 Å². The quantitative estimate of drug-likeness (QED) is 0.620. The summed E-state index contributed by atoms with van der Waals surface area (Å²) in [6.07, 6.45) is 1.50. The van der Waals surface area contributed by atoms with E-state index in [1.807, 2.05) is 0 Å². The highest BCUT2D eigenvalue weighted by Gasteiger charge is 2.13. The molecule has 0 saturated heterocycles. The van der Waals surface area contributed by atoms with Crippen LogP contribution in [0.1, 0.15) is 10.4 Å². The van der Waals surface area contributed by atoms with E-state index in [0.717, 1.165) is 6.07 Å². The van der Waals surface area contributed by atoms with E-state index in [-0.39, 0.29) is 12.1 Å². The summed E-state index contributed by atoms with van der Waals surface area (Å²) in [5, 5.41) is 2.43. The van der Waals surface area contributed by atoms with Gasteiger partial charge in [0, 0.05) is 6.54 Å². The highest BCUT2D eigenvalue weighted by molar-refractivity contribution is 5.91. The predicted molar refractivity (Wildman–Crippen MR) is 59.9 cm³/mol. The molecule has 1 N–H and O–H groups in total. The Labute approximate surface area is 98.1 Å². The number of carbonyl (C=O) groups is 2. The minimum atomic E-state index is -0.864. The Balaban J connectivity index is 2.48. The zero-order valence-corrected chi connectivity index (χ0v) is 9.11. The first kappa shape index (κ1) is 12.9. The molecule has 0 heterocycles. The zero-order valence-electron chi connectivity index (χ0n) is 9.11. The lowest BCUT2D eigenvalue weighted by atomic mass is 10.2. The molecule has 4 nitrogen and oxygen atoms in total. The van der Waals surface area contributed by atoms with Crippen LogP contribution < -0.4 is 5.32 Å². The molecule has 0 fully saturated rings. The van der Waals surface area contributed by atoms with Gasteiger partial charge in [-0.15, -0.1) is 6.58 Å². The largest absolute Gasteiger partial charge is 0.452 e. The third kappa shape index (κ3) is 4.06. The molecule has 1 rings (SSSR count). The molecule has 0 aromatic heterocycles. The second kappa shape index (κ2) is 6.42. The van der Waals surface area contributed by atoms with Crippen molar-refractivity contribution in [2.45, 2.75) is 0 Å². The van der Waals surface area contributed by atoms with E-state index < -0.39 is 24.3 Å². The van der Waals surface area contributed by atoms with Crippen LogP contribution in [-0.2, 0) is 9.53 Å². The molecule has 0 spiro atoms. The second-order valence-corrected chi connectivity index (χ2v) is 3.15. The van der Waals surface area contributed by atoms with E-state index in [4.69, 9.17) is 0 Å². The average Bonchev–Trinajstić information content (AvgIpc) is 2.34. The molecule has 0 unspecified atom stereocenters. The fourth-order valence-electron chi connectivity index (χ4n) is 1.07. The Hall–Kier alpha value is -2.17. The zero-order chi connectivity index (χ0) is 12.7. The van der Waals surface area contributed by atoms with Crippen molar-refractivity contribution < 1.29 is 18.7 Å². The monoisotopic (exact) mass is 237 g/mol. The van der Waals surface area contributed by atoms with Crippen LogP contribution in [0.4, 0.5) is 4.39 Å². The molecule has 0 saturated carbocycles. The van der Waals surface area contributed by atoms with Crippen LogP contribution in [0, 0.1) is 5.82 Å². The molecule has 0 aliphatic rings. The van der Waals surface area contributed by atoms with Crippen molar-refractivity contribution in [2.24, 2.45) is 0 Å². The molecule has 0 bridgehead atoms. The molecule has 0 radical (unpaired) electrons. The lowest BCUT2D eigenvalue weighted by Crippen LogP contribution is -2.28. The lowest BCUT2D eigenvalue weighted by molar-refractivity contribution is -0.124. The normalized spacial score (nSPS) is 9.47. The van der Waals surface area contributed by atoms with Gasteiger partial charge in [-0.2, -0.15) is 0 Å². The van der Waals surface area contributed by atoms with Gasteiger partial charge in [0.1, 0.15) is 5.82 Å². The first-order valence-electron chi connectivity index (χ1n) is 4.94. The van der Waals surface area contributed by atoms with Crippen molar-refractivity contribution in [1.82, 2.24) is 5.32 Å². The Morgan fingerprint density at radius 1 is 1.41 bits per heavy atom. The number of carbonyl (C=O) groups excluding carboxylic acids is 2. The molecule has 1 aromatic carbocycles. The second-order valence-electron chi connectivity index (χ2n) is 3.15. The van der Waals surface area contributed by atoms with E-state index in [1.165, 1.54) is 24.3 Å². The summed E-state index contributed by atoms with van der Waals surface area (Å²) < 4.78 is 17.8. The average molecular weight is 237 g/mol. The van der Waals surface area contributed by atoms with Crippen LogP contribution in [0.2, 0.25) is 0 Å². The lowest BCUT2D eigenvalue weighted by Gasteiger charge is -2.05. The fourth-order valence-corrected chi connectivity index (χ4v) is 1.07. The predicted octanol–water partition coefficient (Wildman–Crippen LogP) is 1.28. The molecule has 90 valence electrons. The molecule has 0 aliphatic heterocycles. The minimum absolute atomic E-state index is 0.191. The summed E-state index contributed by atoms with van der Waals surface area (Å²) >= 11 is 0. The van der Waals surface area contributed by atoms with Gasteiger partial charge in [-0.3, -0.25) is 4.79 Å². The number of nitrogens with one attached hydrogen (secondary N) is 1. The first-order valence-corrected chi connectivity index (χ1v) is 4.94. The number of esters is 1. The van der Waals surface area contributed by atoms with Gasteiger partial charge in [0.2, 0.25) is 0 Å². The Morgan fingerprint density at radius 2 is 2.12 bits per heavy atom. The maximum atomic E-state index is 13.2. The molecule has 17 heavy (non-hydrogen) atoms. The van der Waals surface area contributed by atoms with Crippen molar-refractivity contribution in [3.8, 4) is 0 Å². The van der Waals surface area contributed by atoms with E-state index in [9.17, 15) is 14.0 Å². The maximum absolute atomic E-state index is 13.2. The minimum Gasteiger partial charge on any atom is -0.452 e. The number of amides is 1. The van der Waals surface area contributed by atoms with Crippen molar-refractivity contribution in [3.05, 3.63) is 48.3 Å².